The number of nitriles is 1. The highest BCUT2D eigenvalue weighted by atomic mass is 35.5. The number of hydrogen-bond donors (Lipinski definition) is 2. The largest absolute Gasteiger partial charge is 0.382 e. The summed E-state index contributed by atoms with van der Waals surface area (Å²) in [4.78, 5) is 12.2. The van der Waals surface area contributed by atoms with Gasteiger partial charge in [0.2, 0.25) is 0 Å². The summed E-state index contributed by atoms with van der Waals surface area (Å²) in [6, 6.07) is 3.56. The number of nitrogens with one attached hydrogen (secondary N) is 1. The van der Waals surface area contributed by atoms with Gasteiger partial charge in [0.25, 0.3) is 0 Å². The fourth-order valence-electron chi connectivity index (χ4n) is 2.22. The van der Waals surface area contributed by atoms with E-state index in [9.17, 15) is 0 Å². The first-order chi connectivity index (χ1) is 11.0. The Hall–Kier alpha value is -2.92. The molecular formula is C14H13ClN8. The summed E-state index contributed by atoms with van der Waals surface area (Å²) < 4.78 is 1.68. The van der Waals surface area contributed by atoms with Gasteiger partial charge in [-0.1, -0.05) is 11.6 Å². The van der Waals surface area contributed by atoms with Crippen LogP contribution < -0.4 is 11.1 Å². The van der Waals surface area contributed by atoms with Gasteiger partial charge in [0.1, 0.15) is 35.1 Å². The first kappa shape index (κ1) is 15.0. The molecule has 3 aromatic rings. The SMILES string of the molecule is Cc1ccn2nc([C@H](C)Nc3ncnc(N)c3C#N)nc(Cl)c12. The molecule has 0 unspecified atom stereocenters. The molecule has 23 heavy (non-hydrogen) atoms. The molecule has 0 amide bonds. The Morgan fingerprint density at radius 1 is 1.43 bits per heavy atom. The van der Waals surface area contributed by atoms with Crippen LogP contribution in [0.15, 0.2) is 18.6 Å². The number of nitrogen functional groups attached to an aromatic ring is 1. The third-order valence-corrected chi connectivity index (χ3v) is 3.68. The zero-order valence-corrected chi connectivity index (χ0v) is 13.2. The van der Waals surface area contributed by atoms with Gasteiger partial charge in [-0.2, -0.15) is 10.4 Å². The molecule has 1 atom stereocenters. The Balaban J connectivity index is 1.97. The number of aromatic nitrogens is 5. The Bertz CT molecular complexity index is 926. The standard InChI is InChI=1S/C14H13ClN8/c1-7-3-4-23-10(7)11(15)21-13(22-23)8(2)20-14-9(5-16)12(17)18-6-19-14/h3-4,6,8H,1-2H3,(H3,17,18,19,20)/t8-/m0/s1. The molecule has 9 heteroatoms. The Morgan fingerprint density at radius 3 is 2.96 bits per heavy atom. The Morgan fingerprint density at radius 2 is 2.22 bits per heavy atom. The summed E-state index contributed by atoms with van der Waals surface area (Å²) in [6.07, 6.45) is 3.11. The van der Waals surface area contributed by atoms with E-state index in [2.05, 4.69) is 25.4 Å². The quantitative estimate of drug-likeness (QED) is 0.755. The molecule has 0 bridgehead atoms. The van der Waals surface area contributed by atoms with Gasteiger partial charge < -0.3 is 11.1 Å². The van der Waals surface area contributed by atoms with Crippen molar-refractivity contribution in [2.45, 2.75) is 19.9 Å². The maximum absolute atomic E-state index is 9.16. The van der Waals surface area contributed by atoms with Crippen molar-refractivity contribution in [3.63, 3.8) is 0 Å². The van der Waals surface area contributed by atoms with E-state index in [1.165, 1.54) is 6.33 Å². The molecule has 0 radical (unpaired) electrons. The number of fused-ring (bicyclic) bond motifs is 1. The second-order valence-electron chi connectivity index (χ2n) is 5.01. The van der Waals surface area contributed by atoms with E-state index in [-0.39, 0.29) is 17.4 Å². The third kappa shape index (κ3) is 2.62. The van der Waals surface area contributed by atoms with Gasteiger partial charge in [0.05, 0.1) is 6.04 Å². The highest BCUT2D eigenvalue weighted by Crippen LogP contribution is 2.24. The Kier molecular flexibility index (Phi) is 3.72. The van der Waals surface area contributed by atoms with E-state index in [4.69, 9.17) is 22.6 Å². The lowest BCUT2D eigenvalue weighted by atomic mass is 10.2. The molecule has 0 aromatic carbocycles. The van der Waals surface area contributed by atoms with Gasteiger partial charge in [-0.3, -0.25) is 0 Å². The summed E-state index contributed by atoms with van der Waals surface area (Å²) >= 11 is 6.24. The summed E-state index contributed by atoms with van der Waals surface area (Å²) in [6.45, 7) is 3.78. The molecule has 0 saturated heterocycles. The van der Waals surface area contributed by atoms with Crippen LogP contribution in [0.5, 0.6) is 0 Å². The van der Waals surface area contributed by atoms with E-state index in [0.717, 1.165) is 11.1 Å². The van der Waals surface area contributed by atoms with Gasteiger partial charge in [0, 0.05) is 6.20 Å². The molecule has 116 valence electrons. The summed E-state index contributed by atoms with van der Waals surface area (Å²) in [5, 5.41) is 17.0. The lowest BCUT2D eigenvalue weighted by Crippen LogP contribution is -2.15. The van der Waals surface area contributed by atoms with Crippen LogP contribution in [-0.4, -0.2) is 24.6 Å². The number of aryl methyl sites for hydroxylation is 1. The first-order valence-electron chi connectivity index (χ1n) is 6.79. The Labute approximate surface area is 136 Å². The molecule has 0 aliphatic heterocycles. The van der Waals surface area contributed by atoms with Crippen molar-refractivity contribution in [3.8, 4) is 6.07 Å². The highest BCUT2D eigenvalue weighted by Gasteiger charge is 2.17. The van der Waals surface area contributed by atoms with Crippen LogP contribution in [0.1, 0.15) is 29.9 Å². The molecule has 3 heterocycles. The molecule has 0 spiro atoms. The van der Waals surface area contributed by atoms with E-state index >= 15 is 0 Å². The third-order valence-electron chi connectivity index (χ3n) is 3.42. The van der Waals surface area contributed by atoms with Crippen molar-refractivity contribution in [1.29, 1.82) is 5.26 Å². The molecule has 3 aromatic heterocycles. The number of nitrogens with zero attached hydrogens (tertiary/aromatic N) is 6. The number of rotatable bonds is 3. The van der Waals surface area contributed by atoms with Crippen LogP contribution in [0.3, 0.4) is 0 Å². The predicted molar refractivity (Wildman–Crippen MR) is 85.9 cm³/mol. The van der Waals surface area contributed by atoms with Crippen LogP contribution in [0.25, 0.3) is 5.52 Å². The van der Waals surface area contributed by atoms with E-state index in [1.54, 1.807) is 4.52 Å². The molecule has 3 N–H and O–H groups in total. The van der Waals surface area contributed by atoms with Gasteiger partial charge in [-0.15, -0.1) is 0 Å². The molecular weight excluding hydrogens is 316 g/mol. The minimum absolute atomic E-state index is 0.118. The fraction of sp³-hybridized carbons (Fsp3) is 0.214. The average molecular weight is 329 g/mol. The van der Waals surface area contributed by atoms with Crippen molar-refractivity contribution in [3.05, 3.63) is 40.7 Å². The lowest BCUT2D eigenvalue weighted by molar-refractivity contribution is 0.726. The zero-order chi connectivity index (χ0) is 16.6. The average Bonchev–Trinajstić information content (AvgIpc) is 2.89. The molecule has 3 rings (SSSR count). The van der Waals surface area contributed by atoms with Crippen LogP contribution in [0, 0.1) is 18.3 Å². The van der Waals surface area contributed by atoms with Crippen molar-refractivity contribution < 1.29 is 0 Å². The summed E-state index contributed by atoms with van der Waals surface area (Å²) in [5.74, 6) is 0.919. The number of anilines is 2. The molecule has 0 aliphatic carbocycles. The normalized spacial score (nSPS) is 12.1. The molecule has 0 fully saturated rings. The van der Waals surface area contributed by atoms with Crippen LogP contribution in [0.4, 0.5) is 11.6 Å². The predicted octanol–water partition coefficient (Wildman–Crippen LogP) is 2.11. The number of halogens is 1. The van der Waals surface area contributed by atoms with Crippen LogP contribution in [-0.2, 0) is 0 Å². The van der Waals surface area contributed by atoms with E-state index in [1.807, 2.05) is 32.2 Å². The lowest BCUT2D eigenvalue weighted by Gasteiger charge is -2.15. The number of nitrogens with two attached hydrogens (primary N) is 1. The van der Waals surface area contributed by atoms with Crippen molar-refractivity contribution in [1.82, 2.24) is 24.6 Å². The molecule has 8 nitrogen and oxygen atoms in total. The second kappa shape index (κ2) is 5.70. The van der Waals surface area contributed by atoms with Gasteiger partial charge in [0.15, 0.2) is 11.0 Å². The smallest absolute Gasteiger partial charge is 0.172 e. The highest BCUT2D eigenvalue weighted by molar-refractivity contribution is 6.32. The van der Waals surface area contributed by atoms with Gasteiger partial charge in [-0.25, -0.2) is 19.5 Å². The first-order valence-corrected chi connectivity index (χ1v) is 7.17. The topological polar surface area (TPSA) is 118 Å². The fourth-order valence-corrected chi connectivity index (χ4v) is 2.54. The van der Waals surface area contributed by atoms with Crippen LogP contribution >= 0.6 is 11.6 Å². The summed E-state index contributed by atoms with van der Waals surface area (Å²) in [7, 11) is 0. The minimum Gasteiger partial charge on any atom is -0.382 e. The molecule has 0 aliphatic rings. The van der Waals surface area contributed by atoms with Crippen molar-refractivity contribution in [2.24, 2.45) is 0 Å². The van der Waals surface area contributed by atoms with E-state index in [0.29, 0.717) is 16.8 Å². The van der Waals surface area contributed by atoms with Crippen molar-refractivity contribution in [2.75, 3.05) is 11.1 Å². The van der Waals surface area contributed by atoms with Gasteiger partial charge in [-0.05, 0) is 25.5 Å². The van der Waals surface area contributed by atoms with Crippen molar-refractivity contribution >= 4 is 28.8 Å². The summed E-state index contributed by atoms with van der Waals surface area (Å²) in [5.41, 5.74) is 7.63. The van der Waals surface area contributed by atoms with Crippen LogP contribution in [0.2, 0.25) is 5.15 Å². The number of hydrogen-bond acceptors (Lipinski definition) is 7. The maximum Gasteiger partial charge on any atom is 0.172 e. The maximum atomic E-state index is 9.16. The zero-order valence-electron chi connectivity index (χ0n) is 12.4. The van der Waals surface area contributed by atoms with E-state index < -0.39 is 0 Å². The van der Waals surface area contributed by atoms with Gasteiger partial charge >= 0.3 is 0 Å². The minimum atomic E-state index is -0.332. The molecule has 0 saturated carbocycles. The monoisotopic (exact) mass is 328 g/mol. The second-order valence-corrected chi connectivity index (χ2v) is 5.37.